The Balaban J connectivity index is 2.00. The number of nitrogens with one attached hydrogen (secondary N) is 1. The number of benzene rings is 1. The fourth-order valence-corrected chi connectivity index (χ4v) is 2.40. The van der Waals surface area contributed by atoms with Crippen LogP contribution in [0, 0.1) is 6.92 Å². The standard InChI is InChI=1S/C14H18BrN3/c1-10-7-14(18(3)17-10)9-16-11(2)12-5-4-6-13(15)8-12/h4-8,11,16H,9H2,1-3H3. The Morgan fingerprint density at radius 2 is 2.17 bits per heavy atom. The van der Waals surface area contributed by atoms with Crippen molar-refractivity contribution in [1.29, 1.82) is 0 Å². The average molecular weight is 308 g/mol. The minimum Gasteiger partial charge on any atom is -0.305 e. The average Bonchev–Trinajstić information content (AvgIpc) is 2.65. The molecular weight excluding hydrogens is 290 g/mol. The third kappa shape index (κ3) is 3.21. The van der Waals surface area contributed by atoms with Gasteiger partial charge in [-0.15, -0.1) is 0 Å². The van der Waals surface area contributed by atoms with Crippen LogP contribution in [0.25, 0.3) is 0 Å². The normalized spacial score (nSPS) is 12.7. The van der Waals surface area contributed by atoms with Crippen molar-refractivity contribution in [2.24, 2.45) is 7.05 Å². The molecule has 1 N–H and O–H groups in total. The molecule has 96 valence electrons. The zero-order chi connectivity index (χ0) is 13.1. The van der Waals surface area contributed by atoms with Gasteiger partial charge in [0.2, 0.25) is 0 Å². The van der Waals surface area contributed by atoms with Crippen molar-refractivity contribution in [1.82, 2.24) is 15.1 Å². The second-order valence-electron chi connectivity index (χ2n) is 4.56. The van der Waals surface area contributed by atoms with E-state index in [4.69, 9.17) is 0 Å². The summed E-state index contributed by atoms with van der Waals surface area (Å²) in [5.74, 6) is 0. The van der Waals surface area contributed by atoms with Crippen LogP contribution < -0.4 is 5.32 Å². The second-order valence-corrected chi connectivity index (χ2v) is 5.47. The van der Waals surface area contributed by atoms with E-state index in [2.05, 4.69) is 57.5 Å². The van der Waals surface area contributed by atoms with Gasteiger partial charge in [-0.05, 0) is 37.6 Å². The lowest BCUT2D eigenvalue weighted by molar-refractivity contribution is 0.548. The van der Waals surface area contributed by atoms with Crippen LogP contribution in [0.2, 0.25) is 0 Å². The molecule has 0 amide bonds. The molecule has 0 aliphatic carbocycles. The fourth-order valence-electron chi connectivity index (χ4n) is 1.98. The largest absolute Gasteiger partial charge is 0.305 e. The number of nitrogens with zero attached hydrogens (tertiary/aromatic N) is 2. The zero-order valence-corrected chi connectivity index (χ0v) is 12.5. The lowest BCUT2D eigenvalue weighted by Gasteiger charge is -2.14. The maximum Gasteiger partial charge on any atom is 0.0597 e. The van der Waals surface area contributed by atoms with Gasteiger partial charge in [0.1, 0.15) is 0 Å². The van der Waals surface area contributed by atoms with Gasteiger partial charge in [-0.1, -0.05) is 28.1 Å². The van der Waals surface area contributed by atoms with Gasteiger partial charge < -0.3 is 5.32 Å². The van der Waals surface area contributed by atoms with Gasteiger partial charge in [-0.2, -0.15) is 5.10 Å². The first-order chi connectivity index (χ1) is 8.56. The summed E-state index contributed by atoms with van der Waals surface area (Å²) < 4.78 is 3.04. The van der Waals surface area contributed by atoms with Crippen molar-refractivity contribution in [3.63, 3.8) is 0 Å². The molecule has 0 bridgehead atoms. The summed E-state index contributed by atoms with van der Waals surface area (Å²) in [4.78, 5) is 0. The number of rotatable bonds is 4. The summed E-state index contributed by atoms with van der Waals surface area (Å²) in [5.41, 5.74) is 3.54. The summed E-state index contributed by atoms with van der Waals surface area (Å²) in [5, 5.41) is 7.86. The molecule has 1 atom stereocenters. The van der Waals surface area contributed by atoms with Crippen molar-refractivity contribution in [3.05, 3.63) is 51.8 Å². The molecule has 2 aromatic rings. The summed E-state index contributed by atoms with van der Waals surface area (Å²) in [6.07, 6.45) is 0. The molecule has 18 heavy (non-hydrogen) atoms. The lowest BCUT2D eigenvalue weighted by Crippen LogP contribution is -2.19. The Morgan fingerprint density at radius 3 is 2.78 bits per heavy atom. The highest BCUT2D eigenvalue weighted by Gasteiger charge is 2.07. The number of hydrogen-bond donors (Lipinski definition) is 1. The van der Waals surface area contributed by atoms with Crippen LogP contribution in [0.5, 0.6) is 0 Å². The first kappa shape index (κ1) is 13.3. The highest BCUT2D eigenvalue weighted by Crippen LogP contribution is 2.18. The molecule has 0 aliphatic heterocycles. The molecule has 0 fully saturated rings. The van der Waals surface area contributed by atoms with E-state index in [-0.39, 0.29) is 0 Å². The quantitative estimate of drug-likeness (QED) is 0.939. The smallest absolute Gasteiger partial charge is 0.0597 e. The number of hydrogen-bond acceptors (Lipinski definition) is 2. The van der Waals surface area contributed by atoms with Crippen LogP contribution in [-0.4, -0.2) is 9.78 Å². The van der Waals surface area contributed by atoms with Crippen LogP contribution in [0.4, 0.5) is 0 Å². The Bertz CT molecular complexity index is 534. The van der Waals surface area contributed by atoms with Gasteiger partial charge in [0.25, 0.3) is 0 Å². The van der Waals surface area contributed by atoms with Crippen LogP contribution >= 0.6 is 15.9 Å². The van der Waals surface area contributed by atoms with E-state index in [1.54, 1.807) is 0 Å². The molecule has 0 saturated carbocycles. The molecule has 0 spiro atoms. The molecule has 3 nitrogen and oxygen atoms in total. The molecule has 1 aromatic carbocycles. The van der Waals surface area contributed by atoms with E-state index in [0.717, 1.165) is 16.7 Å². The van der Waals surface area contributed by atoms with Crippen molar-refractivity contribution < 1.29 is 0 Å². The van der Waals surface area contributed by atoms with Crippen LogP contribution in [-0.2, 0) is 13.6 Å². The first-order valence-electron chi connectivity index (χ1n) is 6.04. The SMILES string of the molecule is Cc1cc(CNC(C)c2cccc(Br)c2)n(C)n1. The molecule has 0 saturated heterocycles. The van der Waals surface area contributed by atoms with Gasteiger partial charge in [-0.3, -0.25) is 4.68 Å². The molecule has 4 heteroatoms. The van der Waals surface area contributed by atoms with E-state index >= 15 is 0 Å². The maximum absolute atomic E-state index is 4.35. The van der Waals surface area contributed by atoms with Gasteiger partial charge in [0, 0.05) is 24.1 Å². The Morgan fingerprint density at radius 1 is 1.39 bits per heavy atom. The minimum atomic E-state index is 0.317. The molecule has 2 rings (SSSR count). The molecule has 0 aliphatic rings. The van der Waals surface area contributed by atoms with Gasteiger partial charge >= 0.3 is 0 Å². The summed E-state index contributed by atoms with van der Waals surface area (Å²) >= 11 is 3.50. The van der Waals surface area contributed by atoms with Crippen molar-refractivity contribution >= 4 is 15.9 Å². The molecule has 0 radical (unpaired) electrons. The lowest BCUT2D eigenvalue weighted by atomic mass is 10.1. The first-order valence-corrected chi connectivity index (χ1v) is 6.84. The number of aromatic nitrogens is 2. The van der Waals surface area contributed by atoms with Gasteiger partial charge in [-0.25, -0.2) is 0 Å². The van der Waals surface area contributed by atoms with E-state index in [1.807, 2.05) is 24.7 Å². The van der Waals surface area contributed by atoms with Crippen LogP contribution in [0.1, 0.15) is 29.9 Å². The molecule has 1 aromatic heterocycles. The van der Waals surface area contributed by atoms with E-state index in [1.165, 1.54) is 11.3 Å². The van der Waals surface area contributed by atoms with E-state index < -0.39 is 0 Å². The van der Waals surface area contributed by atoms with Gasteiger partial charge in [0.15, 0.2) is 0 Å². The molecular formula is C14H18BrN3. The number of aryl methyl sites for hydroxylation is 2. The summed E-state index contributed by atoms with van der Waals surface area (Å²) in [7, 11) is 1.98. The van der Waals surface area contributed by atoms with Crippen LogP contribution in [0.3, 0.4) is 0 Å². The molecule has 1 unspecified atom stereocenters. The topological polar surface area (TPSA) is 29.9 Å². The predicted molar refractivity (Wildman–Crippen MR) is 77.3 cm³/mol. The highest BCUT2D eigenvalue weighted by molar-refractivity contribution is 9.10. The van der Waals surface area contributed by atoms with Crippen molar-refractivity contribution in [2.75, 3.05) is 0 Å². The number of halogens is 1. The van der Waals surface area contributed by atoms with Crippen molar-refractivity contribution in [3.8, 4) is 0 Å². The predicted octanol–water partition coefficient (Wildman–Crippen LogP) is 3.34. The fraction of sp³-hybridized carbons (Fsp3) is 0.357. The van der Waals surface area contributed by atoms with E-state index in [0.29, 0.717) is 6.04 Å². The summed E-state index contributed by atoms with van der Waals surface area (Å²) in [6.45, 7) is 5.01. The maximum atomic E-state index is 4.35. The highest BCUT2D eigenvalue weighted by atomic mass is 79.9. The third-order valence-electron chi connectivity index (χ3n) is 3.04. The molecule has 1 heterocycles. The zero-order valence-electron chi connectivity index (χ0n) is 10.9. The van der Waals surface area contributed by atoms with E-state index in [9.17, 15) is 0 Å². The minimum absolute atomic E-state index is 0.317. The van der Waals surface area contributed by atoms with Crippen molar-refractivity contribution in [2.45, 2.75) is 26.4 Å². The monoisotopic (exact) mass is 307 g/mol. The second kappa shape index (κ2) is 5.67. The Kier molecular flexibility index (Phi) is 4.19. The Labute approximate surface area is 116 Å². The summed E-state index contributed by atoms with van der Waals surface area (Å²) in [6, 6.07) is 10.8. The van der Waals surface area contributed by atoms with Crippen LogP contribution in [0.15, 0.2) is 34.8 Å². The Hall–Kier alpha value is -1.13. The van der Waals surface area contributed by atoms with Gasteiger partial charge in [0.05, 0.1) is 11.4 Å². The third-order valence-corrected chi connectivity index (χ3v) is 3.53.